The number of hydrogen-bond acceptors (Lipinski definition) is 6. The zero-order valence-corrected chi connectivity index (χ0v) is 15.2. The quantitative estimate of drug-likeness (QED) is 0.796. The third kappa shape index (κ3) is 2.33. The zero-order valence-electron chi connectivity index (χ0n) is 15.2. The molecule has 6 rings (SSSR count). The molecule has 1 aromatic carbocycles. The van der Waals surface area contributed by atoms with Gasteiger partial charge in [0.25, 0.3) is 0 Å². The number of rotatable bonds is 2. The second kappa shape index (κ2) is 5.66. The van der Waals surface area contributed by atoms with Crippen LogP contribution in [0.25, 0.3) is 0 Å². The molecular formula is C21H22O6. The maximum absolute atomic E-state index is 6.35. The first-order valence-electron chi connectivity index (χ1n) is 9.52. The maximum Gasteiger partial charge on any atom is 0.231 e. The van der Waals surface area contributed by atoms with E-state index in [4.69, 9.17) is 28.4 Å². The minimum atomic E-state index is -0.112. The average Bonchev–Trinajstić information content (AvgIpc) is 3.43. The molecule has 27 heavy (non-hydrogen) atoms. The molecule has 0 bridgehead atoms. The zero-order chi connectivity index (χ0) is 18.0. The van der Waals surface area contributed by atoms with Crippen LogP contribution in [0.3, 0.4) is 0 Å². The lowest BCUT2D eigenvalue weighted by molar-refractivity contribution is -0.0258. The van der Waals surface area contributed by atoms with Crippen molar-refractivity contribution in [2.75, 3.05) is 26.8 Å². The van der Waals surface area contributed by atoms with Gasteiger partial charge in [-0.3, -0.25) is 0 Å². The molecular weight excluding hydrogens is 348 g/mol. The Hall–Kier alpha value is -2.18. The Morgan fingerprint density at radius 1 is 0.926 bits per heavy atom. The Balaban J connectivity index is 1.24. The molecule has 5 unspecified atom stereocenters. The van der Waals surface area contributed by atoms with Gasteiger partial charge in [0.05, 0.1) is 25.4 Å². The summed E-state index contributed by atoms with van der Waals surface area (Å²) in [6.45, 7) is 4.27. The highest BCUT2D eigenvalue weighted by Crippen LogP contribution is 2.53. The van der Waals surface area contributed by atoms with Gasteiger partial charge in [-0.05, 0) is 23.8 Å². The first-order valence-corrected chi connectivity index (χ1v) is 9.52. The summed E-state index contributed by atoms with van der Waals surface area (Å²) in [5.74, 6) is 4.11. The van der Waals surface area contributed by atoms with Gasteiger partial charge >= 0.3 is 0 Å². The number of allylic oxidation sites excluding steroid dienone is 2. The summed E-state index contributed by atoms with van der Waals surface area (Å²) in [7, 11) is 0. The molecule has 6 nitrogen and oxygen atoms in total. The van der Waals surface area contributed by atoms with Gasteiger partial charge in [-0.25, -0.2) is 0 Å². The summed E-state index contributed by atoms with van der Waals surface area (Å²) < 4.78 is 34.7. The van der Waals surface area contributed by atoms with Crippen molar-refractivity contribution in [2.24, 2.45) is 17.3 Å². The van der Waals surface area contributed by atoms with Crippen LogP contribution in [-0.4, -0.2) is 32.9 Å². The maximum atomic E-state index is 6.35. The molecule has 1 aromatic rings. The summed E-state index contributed by atoms with van der Waals surface area (Å²) in [6, 6.07) is 6.10. The van der Waals surface area contributed by atoms with E-state index in [1.54, 1.807) is 0 Å². The monoisotopic (exact) mass is 370 g/mol. The van der Waals surface area contributed by atoms with E-state index in [9.17, 15) is 0 Å². The van der Waals surface area contributed by atoms with Crippen LogP contribution in [0.15, 0.2) is 41.9 Å². The molecule has 4 heterocycles. The first kappa shape index (κ1) is 15.8. The Labute approximate surface area is 157 Å². The molecule has 4 aliphatic heterocycles. The Bertz CT molecular complexity index is 845. The van der Waals surface area contributed by atoms with E-state index in [2.05, 4.69) is 19.1 Å². The van der Waals surface area contributed by atoms with E-state index in [0.29, 0.717) is 31.8 Å². The van der Waals surface area contributed by atoms with E-state index in [1.165, 1.54) is 0 Å². The first-order chi connectivity index (χ1) is 13.2. The minimum Gasteiger partial charge on any atom is -0.458 e. The van der Waals surface area contributed by atoms with Crippen LogP contribution in [0.5, 0.6) is 11.5 Å². The Morgan fingerprint density at radius 3 is 2.74 bits per heavy atom. The molecule has 0 saturated carbocycles. The van der Waals surface area contributed by atoms with E-state index in [-0.39, 0.29) is 24.4 Å². The van der Waals surface area contributed by atoms with Crippen LogP contribution < -0.4 is 9.47 Å². The van der Waals surface area contributed by atoms with E-state index in [1.807, 2.05) is 18.2 Å². The molecule has 0 radical (unpaired) electrons. The van der Waals surface area contributed by atoms with Gasteiger partial charge in [0, 0.05) is 23.7 Å². The summed E-state index contributed by atoms with van der Waals surface area (Å²) in [5.41, 5.74) is 1.02. The van der Waals surface area contributed by atoms with Crippen molar-refractivity contribution < 1.29 is 28.4 Å². The van der Waals surface area contributed by atoms with Crippen LogP contribution in [0.4, 0.5) is 0 Å². The van der Waals surface area contributed by atoms with Crippen LogP contribution in [0.1, 0.15) is 25.0 Å². The number of benzene rings is 1. The third-order valence-corrected chi connectivity index (χ3v) is 6.52. The Kier molecular flexibility index (Phi) is 3.32. The highest BCUT2D eigenvalue weighted by atomic mass is 16.7. The smallest absolute Gasteiger partial charge is 0.231 e. The highest BCUT2D eigenvalue weighted by Gasteiger charge is 2.54. The van der Waals surface area contributed by atoms with Crippen molar-refractivity contribution in [3.63, 3.8) is 0 Å². The lowest BCUT2D eigenvalue weighted by Gasteiger charge is -2.36. The van der Waals surface area contributed by atoms with Crippen molar-refractivity contribution >= 4 is 0 Å². The second-order valence-electron chi connectivity index (χ2n) is 8.16. The van der Waals surface area contributed by atoms with Crippen LogP contribution in [-0.2, 0) is 18.9 Å². The fraction of sp³-hybridized carbons (Fsp3) is 0.524. The van der Waals surface area contributed by atoms with Gasteiger partial charge in [-0.15, -0.1) is 0 Å². The fourth-order valence-corrected chi connectivity index (χ4v) is 5.12. The molecule has 0 amide bonds. The number of fused-ring (bicyclic) bond motifs is 2. The summed E-state index contributed by atoms with van der Waals surface area (Å²) in [4.78, 5) is 0. The van der Waals surface area contributed by atoms with Gasteiger partial charge in [-0.2, -0.15) is 0 Å². The largest absolute Gasteiger partial charge is 0.458 e. The molecule has 142 valence electrons. The van der Waals surface area contributed by atoms with Gasteiger partial charge in [0.1, 0.15) is 5.76 Å². The number of ether oxygens (including phenoxy) is 6. The number of hydrogen-bond donors (Lipinski definition) is 0. The standard InChI is InChI=1S/C21H22O6/c1-21(5-4-16-18(7-21)27-11-25-16)20-14-9-22-19(13(14)8-23-20)12-2-3-15-17(6-12)26-10-24-15/h2-6,13-14,19-20H,7-11H2,1H3. The molecule has 2 saturated heterocycles. The van der Waals surface area contributed by atoms with E-state index in [0.717, 1.165) is 35.0 Å². The van der Waals surface area contributed by atoms with Crippen molar-refractivity contribution in [3.05, 3.63) is 47.4 Å². The topological polar surface area (TPSA) is 55.4 Å². The van der Waals surface area contributed by atoms with E-state index >= 15 is 0 Å². The SMILES string of the molecule is CC1(C2OCC3C(c4ccc5c(c4)OCO5)OCC32)C=CC2=C(C1)OCO2. The van der Waals surface area contributed by atoms with E-state index < -0.39 is 0 Å². The summed E-state index contributed by atoms with van der Waals surface area (Å²) >= 11 is 0. The summed E-state index contributed by atoms with van der Waals surface area (Å²) in [5, 5.41) is 0. The average molecular weight is 370 g/mol. The third-order valence-electron chi connectivity index (χ3n) is 6.52. The predicted molar refractivity (Wildman–Crippen MR) is 93.9 cm³/mol. The second-order valence-corrected chi connectivity index (χ2v) is 8.16. The fourth-order valence-electron chi connectivity index (χ4n) is 5.12. The predicted octanol–water partition coefficient (Wildman–Crippen LogP) is 3.30. The van der Waals surface area contributed by atoms with Crippen molar-refractivity contribution in [3.8, 4) is 11.5 Å². The molecule has 1 aliphatic carbocycles. The highest BCUT2D eigenvalue weighted by molar-refractivity contribution is 5.45. The lowest BCUT2D eigenvalue weighted by Crippen LogP contribution is -2.38. The molecule has 0 aromatic heterocycles. The minimum absolute atomic E-state index is 0.0338. The van der Waals surface area contributed by atoms with Crippen LogP contribution in [0.2, 0.25) is 0 Å². The molecule has 0 spiro atoms. The molecule has 2 fully saturated rings. The van der Waals surface area contributed by atoms with Crippen molar-refractivity contribution in [2.45, 2.75) is 25.6 Å². The van der Waals surface area contributed by atoms with Crippen molar-refractivity contribution in [1.29, 1.82) is 0 Å². The van der Waals surface area contributed by atoms with Gasteiger partial charge < -0.3 is 28.4 Å². The van der Waals surface area contributed by atoms with Gasteiger partial charge in [0.2, 0.25) is 13.6 Å². The van der Waals surface area contributed by atoms with Gasteiger partial charge in [-0.1, -0.05) is 19.1 Å². The Morgan fingerprint density at radius 2 is 1.78 bits per heavy atom. The normalized spacial score (nSPS) is 38.6. The molecule has 5 aliphatic rings. The molecule has 6 heteroatoms. The lowest BCUT2D eigenvalue weighted by atomic mass is 9.71. The van der Waals surface area contributed by atoms with Crippen LogP contribution >= 0.6 is 0 Å². The van der Waals surface area contributed by atoms with Crippen molar-refractivity contribution in [1.82, 2.24) is 0 Å². The molecule has 0 N–H and O–H groups in total. The molecule has 5 atom stereocenters. The van der Waals surface area contributed by atoms with Crippen LogP contribution in [0, 0.1) is 17.3 Å². The van der Waals surface area contributed by atoms with Gasteiger partial charge in [0.15, 0.2) is 17.3 Å². The summed E-state index contributed by atoms with van der Waals surface area (Å²) in [6.07, 6.45) is 5.21.